The highest BCUT2D eigenvalue weighted by Gasteiger charge is 2.08. The van der Waals surface area contributed by atoms with Gasteiger partial charge in [-0.25, -0.2) is 0 Å². The van der Waals surface area contributed by atoms with Gasteiger partial charge in [0, 0.05) is 18.5 Å². The van der Waals surface area contributed by atoms with Crippen molar-refractivity contribution in [3.63, 3.8) is 0 Å². The summed E-state index contributed by atoms with van der Waals surface area (Å²) in [6, 6.07) is 12.3. The minimum absolute atomic E-state index is 0.0714. The topological polar surface area (TPSA) is 27.0 Å². The highest BCUT2D eigenvalue weighted by molar-refractivity contribution is 6.20. The van der Waals surface area contributed by atoms with Crippen molar-refractivity contribution in [1.29, 1.82) is 5.26 Å². The molecule has 0 fully saturated rings. The standard InChI is InChI=1S/C12H15ClN2/c1-11(13)9-15(8-7-14)10-12-5-3-2-4-6-12/h2-6,11H,8-10H2,1H3. The normalized spacial score (nSPS) is 12.4. The van der Waals surface area contributed by atoms with E-state index in [1.165, 1.54) is 5.56 Å². The summed E-state index contributed by atoms with van der Waals surface area (Å²) in [6.45, 7) is 3.89. The second-order valence-electron chi connectivity index (χ2n) is 3.59. The molecule has 1 unspecified atom stereocenters. The zero-order valence-corrected chi connectivity index (χ0v) is 9.61. The summed E-state index contributed by atoms with van der Waals surface area (Å²) in [7, 11) is 0. The van der Waals surface area contributed by atoms with Crippen molar-refractivity contribution in [1.82, 2.24) is 4.90 Å². The van der Waals surface area contributed by atoms with Crippen molar-refractivity contribution in [2.24, 2.45) is 0 Å². The molecule has 0 heterocycles. The summed E-state index contributed by atoms with van der Waals surface area (Å²) in [4.78, 5) is 2.05. The van der Waals surface area contributed by atoms with Crippen LogP contribution in [0.15, 0.2) is 30.3 Å². The maximum Gasteiger partial charge on any atom is 0.0869 e. The van der Waals surface area contributed by atoms with Crippen LogP contribution in [0.2, 0.25) is 0 Å². The van der Waals surface area contributed by atoms with Gasteiger partial charge in [-0.1, -0.05) is 30.3 Å². The first kappa shape index (κ1) is 12.0. The summed E-state index contributed by atoms with van der Waals surface area (Å²) in [5.41, 5.74) is 1.21. The molecule has 0 saturated carbocycles. The van der Waals surface area contributed by atoms with Gasteiger partial charge in [-0.05, 0) is 12.5 Å². The van der Waals surface area contributed by atoms with Gasteiger partial charge in [-0.15, -0.1) is 11.6 Å². The van der Waals surface area contributed by atoms with Gasteiger partial charge in [0.25, 0.3) is 0 Å². The number of nitrogens with zero attached hydrogens (tertiary/aromatic N) is 2. The van der Waals surface area contributed by atoms with Crippen LogP contribution in [0.1, 0.15) is 12.5 Å². The molecule has 0 aliphatic carbocycles. The smallest absolute Gasteiger partial charge is 0.0869 e. The van der Waals surface area contributed by atoms with Gasteiger partial charge in [0.05, 0.1) is 12.6 Å². The average Bonchev–Trinajstić information content (AvgIpc) is 2.18. The van der Waals surface area contributed by atoms with Crippen LogP contribution in [-0.4, -0.2) is 23.4 Å². The number of benzene rings is 1. The van der Waals surface area contributed by atoms with Crippen LogP contribution < -0.4 is 0 Å². The van der Waals surface area contributed by atoms with Gasteiger partial charge in [-0.3, -0.25) is 4.90 Å². The van der Waals surface area contributed by atoms with Gasteiger partial charge in [0.2, 0.25) is 0 Å². The lowest BCUT2D eigenvalue weighted by molar-refractivity contribution is 0.300. The van der Waals surface area contributed by atoms with Crippen molar-refractivity contribution in [2.45, 2.75) is 18.8 Å². The van der Waals surface area contributed by atoms with E-state index in [9.17, 15) is 0 Å². The maximum atomic E-state index is 8.69. The second-order valence-corrected chi connectivity index (χ2v) is 4.34. The number of halogens is 1. The molecule has 1 atom stereocenters. The molecule has 2 nitrogen and oxygen atoms in total. The molecule has 0 spiro atoms. The third kappa shape index (κ3) is 4.83. The average molecular weight is 223 g/mol. The maximum absolute atomic E-state index is 8.69. The van der Waals surface area contributed by atoms with Crippen molar-refractivity contribution in [3.8, 4) is 6.07 Å². The van der Waals surface area contributed by atoms with Gasteiger partial charge < -0.3 is 0 Å². The van der Waals surface area contributed by atoms with E-state index in [0.717, 1.165) is 13.1 Å². The second kappa shape index (κ2) is 6.44. The zero-order chi connectivity index (χ0) is 11.1. The van der Waals surface area contributed by atoms with Crippen molar-refractivity contribution < 1.29 is 0 Å². The number of hydrogen-bond acceptors (Lipinski definition) is 2. The number of alkyl halides is 1. The Hall–Kier alpha value is -1.04. The number of nitriles is 1. The molecule has 1 aromatic carbocycles. The predicted octanol–water partition coefficient (Wildman–Crippen LogP) is 2.64. The van der Waals surface area contributed by atoms with E-state index in [1.54, 1.807) is 0 Å². The Balaban J connectivity index is 2.55. The lowest BCUT2D eigenvalue weighted by Gasteiger charge is -2.20. The molecule has 3 heteroatoms. The summed E-state index contributed by atoms with van der Waals surface area (Å²) < 4.78 is 0. The van der Waals surface area contributed by atoms with E-state index in [4.69, 9.17) is 16.9 Å². The van der Waals surface area contributed by atoms with E-state index >= 15 is 0 Å². The fraction of sp³-hybridized carbons (Fsp3) is 0.417. The molecule has 0 aromatic heterocycles. The van der Waals surface area contributed by atoms with Crippen molar-refractivity contribution in [2.75, 3.05) is 13.1 Å². The van der Waals surface area contributed by atoms with Gasteiger partial charge >= 0.3 is 0 Å². The summed E-state index contributed by atoms with van der Waals surface area (Å²) in [5, 5.41) is 8.76. The van der Waals surface area contributed by atoms with Gasteiger partial charge in [0.1, 0.15) is 0 Å². The molecule has 0 saturated heterocycles. The van der Waals surface area contributed by atoms with Crippen LogP contribution in [0.25, 0.3) is 0 Å². The molecular formula is C12H15ClN2. The summed E-state index contributed by atoms with van der Waals surface area (Å²) >= 11 is 5.92. The van der Waals surface area contributed by atoms with E-state index in [0.29, 0.717) is 6.54 Å². The Morgan fingerprint density at radius 2 is 2.07 bits per heavy atom. The molecule has 1 aromatic rings. The molecule has 0 radical (unpaired) electrons. The van der Waals surface area contributed by atoms with Crippen LogP contribution in [0.5, 0.6) is 0 Å². The van der Waals surface area contributed by atoms with Gasteiger partial charge in [-0.2, -0.15) is 5.26 Å². The third-order valence-electron chi connectivity index (χ3n) is 2.05. The monoisotopic (exact) mass is 222 g/mol. The highest BCUT2D eigenvalue weighted by atomic mass is 35.5. The fourth-order valence-electron chi connectivity index (χ4n) is 1.48. The molecule has 0 amide bonds. The van der Waals surface area contributed by atoms with Crippen molar-refractivity contribution in [3.05, 3.63) is 35.9 Å². The third-order valence-corrected chi connectivity index (χ3v) is 2.19. The highest BCUT2D eigenvalue weighted by Crippen LogP contribution is 2.06. The Kier molecular flexibility index (Phi) is 5.17. The quantitative estimate of drug-likeness (QED) is 0.566. The Morgan fingerprint density at radius 3 is 2.60 bits per heavy atom. The molecule has 1 rings (SSSR count). The SMILES string of the molecule is CC(Cl)CN(CC#N)Cc1ccccc1. The molecule has 0 N–H and O–H groups in total. The van der Waals surface area contributed by atoms with Crippen LogP contribution in [0.4, 0.5) is 0 Å². The zero-order valence-electron chi connectivity index (χ0n) is 8.86. The first-order chi connectivity index (χ1) is 7.22. The first-order valence-electron chi connectivity index (χ1n) is 4.99. The van der Waals surface area contributed by atoms with E-state index in [-0.39, 0.29) is 5.38 Å². The lowest BCUT2D eigenvalue weighted by Crippen LogP contribution is -2.28. The molecule has 80 valence electrons. The lowest BCUT2D eigenvalue weighted by atomic mass is 10.2. The minimum atomic E-state index is 0.0714. The molecule has 15 heavy (non-hydrogen) atoms. The van der Waals surface area contributed by atoms with Crippen molar-refractivity contribution >= 4 is 11.6 Å². The Labute approximate surface area is 96.1 Å². The van der Waals surface area contributed by atoms with Crippen LogP contribution in [0, 0.1) is 11.3 Å². The molecule has 0 aliphatic heterocycles. The minimum Gasteiger partial charge on any atom is -0.285 e. The number of rotatable bonds is 5. The molecule has 0 aliphatic rings. The summed E-state index contributed by atoms with van der Waals surface area (Å²) in [5.74, 6) is 0. The largest absolute Gasteiger partial charge is 0.285 e. The van der Waals surface area contributed by atoms with E-state index in [1.807, 2.05) is 30.0 Å². The van der Waals surface area contributed by atoms with Crippen LogP contribution >= 0.6 is 11.6 Å². The number of hydrogen-bond donors (Lipinski definition) is 0. The van der Waals surface area contributed by atoms with Crippen LogP contribution in [0.3, 0.4) is 0 Å². The van der Waals surface area contributed by atoms with E-state index < -0.39 is 0 Å². The molecular weight excluding hydrogens is 208 g/mol. The van der Waals surface area contributed by atoms with Crippen LogP contribution in [-0.2, 0) is 6.54 Å². The Morgan fingerprint density at radius 1 is 1.40 bits per heavy atom. The fourth-order valence-corrected chi connectivity index (χ4v) is 1.68. The summed E-state index contributed by atoms with van der Waals surface area (Å²) in [6.07, 6.45) is 0. The molecule has 0 bridgehead atoms. The predicted molar refractivity (Wildman–Crippen MR) is 62.6 cm³/mol. The van der Waals surface area contributed by atoms with E-state index in [2.05, 4.69) is 18.2 Å². The Bertz CT molecular complexity index is 316. The first-order valence-corrected chi connectivity index (χ1v) is 5.43. The van der Waals surface area contributed by atoms with Gasteiger partial charge in [0.15, 0.2) is 0 Å².